The van der Waals surface area contributed by atoms with Crippen LogP contribution in [0.2, 0.25) is 0 Å². The molecule has 26 heavy (non-hydrogen) atoms. The summed E-state index contributed by atoms with van der Waals surface area (Å²) >= 11 is -1.15. The van der Waals surface area contributed by atoms with Gasteiger partial charge >= 0.3 is 0 Å². The monoisotopic (exact) mass is 399 g/mol. The third-order valence-corrected chi connectivity index (χ3v) is 8.11. The van der Waals surface area contributed by atoms with E-state index < -0.39 is 18.7 Å². The van der Waals surface area contributed by atoms with E-state index in [0.29, 0.717) is 17.6 Å². The Labute approximate surface area is 161 Å². The van der Waals surface area contributed by atoms with Gasteiger partial charge in [0.15, 0.2) is 0 Å². The van der Waals surface area contributed by atoms with E-state index in [1.807, 2.05) is 39.8 Å². The van der Waals surface area contributed by atoms with Gasteiger partial charge in [-0.25, -0.2) is 0 Å². The van der Waals surface area contributed by atoms with Crippen LogP contribution in [0.1, 0.15) is 77.0 Å². The Morgan fingerprint density at radius 3 is 2.42 bits per heavy atom. The van der Waals surface area contributed by atoms with Crippen LogP contribution < -0.4 is 10.0 Å². The van der Waals surface area contributed by atoms with Gasteiger partial charge in [-0.2, -0.15) is 0 Å². The maximum Gasteiger partial charge on any atom is 0.226 e. The largest absolute Gasteiger partial charge is 0.598 e. The molecule has 2 rings (SSSR count). The van der Waals surface area contributed by atoms with Crippen molar-refractivity contribution in [2.24, 2.45) is 5.92 Å². The summed E-state index contributed by atoms with van der Waals surface area (Å²) in [6, 6.07) is 5.82. The minimum Gasteiger partial charge on any atom is -0.598 e. The summed E-state index contributed by atoms with van der Waals surface area (Å²) in [5.41, 5.74) is 2.00. The fraction of sp³-hybridized carbons (Fsp3) is 0.700. The molecule has 2 unspecified atom stereocenters. The van der Waals surface area contributed by atoms with Crippen LogP contribution in [0.15, 0.2) is 18.2 Å². The van der Waals surface area contributed by atoms with Crippen molar-refractivity contribution in [1.29, 1.82) is 0 Å². The number of hydrogen-bond acceptors (Lipinski definition) is 3. The SMILES string of the molecule is CCc1cc([C@H](N[S+]([O-])C(C)(C)C)C2CCCCC2)ccc1P(C)(=O)O. The first-order chi connectivity index (χ1) is 12.0. The number of nitrogens with one attached hydrogen (secondary N) is 1. The second kappa shape index (κ2) is 8.79. The van der Waals surface area contributed by atoms with Crippen LogP contribution in [0, 0.1) is 5.92 Å². The van der Waals surface area contributed by atoms with Crippen LogP contribution in [0.4, 0.5) is 0 Å². The molecule has 1 aliphatic rings. The van der Waals surface area contributed by atoms with E-state index >= 15 is 0 Å². The summed E-state index contributed by atoms with van der Waals surface area (Å²) in [5.74, 6) is 0.452. The molecule has 0 radical (unpaired) electrons. The summed E-state index contributed by atoms with van der Waals surface area (Å²) in [7, 11) is -3.29. The van der Waals surface area contributed by atoms with E-state index in [0.717, 1.165) is 24.0 Å². The molecule has 0 spiro atoms. The molecule has 1 fully saturated rings. The summed E-state index contributed by atoms with van der Waals surface area (Å²) in [6.07, 6.45) is 6.67. The number of rotatable bonds is 6. The molecule has 0 amide bonds. The second-order valence-corrected chi connectivity index (χ2v) is 12.7. The van der Waals surface area contributed by atoms with Crippen molar-refractivity contribution in [3.8, 4) is 0 Å². The van der Waals surface area contributed by atoms with Crippen molar-refractivity contribution in [3.63, 3.8) is 0 Å². The summed E-state index contributed by atoms with van der Waals surface area (Å²) < 4.78 is 28.0. The fourth-order valence-electron chi connectivity index (χ4n) is 3.68. The predicted octanol–water partition coefficient (Wildman–Crippen LogP) is 4.45. The zero-order valence-electron chi connectivity index (χ0n) is 16.7. The lowest BCUT2D eigenvalue weighted by Crippen LogP contribution is -2.43. The van der Waals surface area contributed by atoms with Gasteiger partial charge in [0.1, 0.15) is 4.75 Å². The zero-order chi connectivity index (χ0) is 19.5. The number of benzene rings is 1. The van der Waals surface area contributed by atoms with Crippen LogP contribution in [0.5, 0.6) is 0 Å². The third-order valence-electron chi connectivity index (χ3n) is 5.20. The molecule has 1 aliphatic carbocycles. The van der Waals surface area contributed by atoms with Gasteiger partial charge in [-0.15, -0.1) is 4.72 Å². The average molecular weight is 400 g/mol. The van der Waals surface area contributed by atoms with Crippen LogP contribution >= 0.6 is 7.37 Å². The normalized spacial score (nSPS) is 21.2. The standard InChI is InChI=1S/C20H34NO3PS/c1-6-15-14-17(12-13-18(15)25(5,22)23)19(16-10-8-7-9-11-16)21-26(24)20(2,3)4/h12-14,16,19,21H,6-11H2,1-5H3,(H,22,23)/t19-,26?/m1/s1. The summed E-state index contributed by atoms with van der Waals surface area (Å²) in [6.45, 7) is 9.34. The molecular weight excluding hydrogens is 365 g/mol. The average Bonchev–Trinajstić information content (AvgIpc) is 2.58. The van der Waals surface area contributed by atoms with Gasteiger partial charge in [-0.1, -0.05) is 38.3 Å². The molecule has 6 heteroatoms. The number of aryl methyl sites for hydroxylation is 1. The highest BCUT2D eigenvalue weighted by Gasteiger charge is 2.34. The Hall–Kier alpha value is -0.320. The molecule has 148 valence electrons. The Balaban J connectivity index is 2.39. The van der Waals surface area contributed by atoms with Crippen molar-refractivity contribution >= 4 is 24.0 Å². The molecule has 1 aromatic carbocycles. The first-order valence-corrected chi connectivity index (χ1v) is 12.9. The molecule has 2 N–H and O–H groups in total. The molecule has 1 saturated carbocycles. The Bertz CT molecular complexity index is 647. The number of hydrogen-bond donors (Lipinski definition) is 2. The topological polar surface area (TPSA) is 72.4 Å². The van der Waals surface area contributed by atoms with Crippen LogP contribution in [-0.4, -0.2) is 20.9 Å². The van der Waals surface area contributed by atoms with Gasteiger partial charge in [0.25, 0.3) is 0 Å². The van der Waals surface area contributed by atoms with Crippen molar-refractivity contribution in [2.45, 2.75) is 77.0 Å². The molecular formula is C20H34NO3PS. The summed E-state index contributed by atoms with van der Waals surface area (Å²) in [5, 5.41) is 0.545. The smallest absolute Gasteiger partial charge is 0.226 e. The van der Waals surface area contributed by atoms with Crippen LogP contribution in [0.25, 0.3) is 0 Å². The van der Waals surface area contributed by atoms with E-state index in [-0.39, 0.29) is 10.8 Å². The van der Waals surface area contributed by atoms with Gasteiger partial charge in [0, 0.05) is 23.3 Å². The predicted molar refractivity (Wildman–Crippen MR) is 112 cm³/mol. The van der Waals surface area contributed by atoms with Gasteiger partial charge in [0.05, 0.1) is 6.04 Å². The van der Waals surface area contributed by atoms with Gasteiger partial charge in [-0.05, 0) is 63.1 Å². The maximum atomic E-state index is 12.8. The fourth-order valence-corrected chi connectivity index (χ4v) is 5.70. The molecule has 4 nitrogen and oxygen atoms in total. The Kier molecular flexibility index (Phi) is 7.43. The first-order valence-electron chi connectivity index (χ1n) is 9.65. The lowest BCUT2D eigenvalue weighted by atomic mass is 9.81. The van der Waals surface area contributed by atoms with Crippen molar-refractivity contribution in [3.05, 3.63) is 29.3 Å². The molecule has 0 bridgehead atoms. The van der Waals surface area contributed by atoms with Gasteiger partial charge in [0.2, 0.25) is 7.37 Å². The van der Waals surface area contributed by atoms with Crippen molar-refractivity contribution < 1.29 is 14.0 Å². The molecule has 0 heterocycles. The van der Waals surface area contributed by atoms with E-state index in [4.69, 9.17) is 0 Å². The highest BCUT2D eigenvalue weighted by atomic mass is 32.2. The Morgan fingerprint density at radius 2 is 1.92 bits per heavy atom. The minimum absolute atomic E-state index is 0.0182. The van der Waals surface area contributed by atoms with E-state index in [1.165, 1.54) is 25.9 Å². The lowest BCUT2D eigenvalue weighted by Gasteiger charge is -2.34. The van der Waals surface area contributed by atoms with Crippen molar-refractivity contribution in [2.75, 3.05) is 6.66 Å². The van der Waals surface area contributed by atoms with Crippen LogP contribution in [0.3, 0.4) is 0 Å². The summed E-state index contributed by atoms with van der Waals surface area (Å²) in [4.78, 5) is 10.0. The van der Waals surface area contributed by atoms with E-state index in [2.05, 4.69) is 4.72 Å². The van der Waals surface area contributed by atoms with Crippen molar-refractivity contribution in [1.82, 2.24) is 4.72 Å². The minimum atomic E-state index is -3.29. The highest BCUT2D eigenvalue weighted by molar-refractivity contribution is 7.90. The van der Waals surface area contributed by atoms with Gasteiger partial charge < -0.3 is 9.45 Å². The third kappa shape index (κ3) is 5.59. The molecule has 0 aromatic heterocycles. The molecule has 1 aromatic rings. The zero-order valence-corrected chi connectivity index (χ0v) is 18.5. The quantitative estimate of drug-likeness (QED) is 0.548. The Morgan fingerprint density at radius 1 is 1.31 bits per heavy atom. The molecule has 0 saturated heterocycles. The molecule has 0 aliphatic heterocycles. The maximum absolute atomic E-state index is 12.8. The van der Waals surface area contributed by atoms with Crippen LogP contribution in [-0.2, 0) is 22.3 Å². The van der Waals surface area contributed by atoms with E-state index in [1.54, 1.807) is 6.07 Å². The van der Waals surface area contributed by atoms with E-state index in [9.17, 15) is 14.0 Å². The molecule has 3 atom stereocenters. The lowest BCUT2D eigenvalue weighted by molar-refractivity contribution is 0.292. The highest BCUT2D eigenvalue weighted by Crippen LogP contribution is 2.39. The first kappa shape index (κ1) is 22.0. The second-order valence-electron chi connectivity index (χ2n) is 8.50. The van der Waals surface area contributed by atoms with Gasteiger partial charge in [-0.3, -0.25) is 4.57 Å².